The van der Waals surface area contributed by atoms with Gasteiger partial charge in [0.1, 0.15) is 5.60 Å². The van der Waals surface area contributed by atoms with Gasteiger partial charge in [0.05, 0.1) is 0 Å². The Morgan fingerprint density at radius 2 is 2.20 bits per heavy atom. The van der Waals surface area contributed by atoms with Crippen LogP contribution in [0.25, 0.3) is 0 Å². The van der Waals surface area contributed by atoms with Crippen LogP contribution >= 0.6 is 15.9 Å². The van der Waals surface area contributed by atoms with E-state index in [1.165, 1.54) is 13.2 Å². The maximum absolute atomic E-state index is 13.3. The largest absolute Gasteiger partial charge is 0.505 e. The highest BCUT2D eigenvalue weighted by Crippen LogP contribution is 2.35. The Balaban J connectivity index is 3.35. The molecule has 5 heteroatoms. The van der Waals surface area contributed by atoms with Crippen LogP contribution in [0.15, 0.2) is 16.6 Å². The summed E-state index contributed by atoms with van der Waals surface area (Å²) in [4.78, 5) is 0. The molecule has 0 aliphatic heterocycles. The second kappa shape index (κ2) is 4.47. The molecule has 0 bridgehead atoms. The van der Waals surface area contributed by atoms with Gasteiger partial charge in [-0.3, -0.25) is 0 Å². The monoisotopic (exact) mass is 277 g/mol. The zero-order chi connectivity index (χ0) is 11.6. The van der Waals surface area contributed by atoms with Crippen LogP contribution in [0.5, 0.6) is 5.75 Å². The van der Waals surface area contributed by atoms with Gasteiger partial charge in [0.2, 0.25) is 0 Å². The van der Waals surface area contributed by atoms with Gasteiger partial charge in [0, 0.05) is 23.7 Å². The van der Waals surface area contributed by atoms with Crippen LogP contribution < -0.4 is 5.73 Å². The Hall–Kier alpha value is -0.650. The summed E-state index contributed by atoms with van der Waals surface area (Å²) < 4.78 is 19.0. The second-order valence-electron chi connectivity index (χ2n) is 3.42. The topological polar surface area (TPSA) is 55.5 Å². The summed E-state index contributed by atoms with van der Waals surface area (Å²) >= 11 is 3.15. The molecule has 0 aliphatic rings. The number of nitrogens with two attached hydrogens (primary N) is 1. The lowest BCUT2D eigenvalue weighted by molar-refractivity contribution is 0.00781. The van der Waals surface area contributed by atoms with Crippen LogP contribution in [0.4, 0.5) is 4.39 Å². The molecule has 0 radical (unpaired) electrons. The van der Waals surface area contributed by atoms with E-state index in [-0.39, 0.29) is 6.54 Å². The standard InChI is InChI=1S/C10H13BrFNO2/c1-10(5-13,15-2)7-3-6(11)4-8(12)9(7)14/h3-4,14H,5,13H2,1-2H3. The van der Waals surface area contributed by atoms with Gasteiger partial charge >= 0.3 is 0 Å². The van der Waals surface area contributed by atoms with Gasteiger partial charge < -0.3 is 15.6 Å². The van der Waals surface area contributed by atoms with Crippen molar-refractivity contribution in [3.05, 3.63) is 28.0 Å². The summed E-state index contributed by atoms with van der Waals surface area (Å²) in [6.07, 6.45) is 0. The van der Waals surface area contributed by atoms with Crippen molar-refractivity contribution in [2.45, 2.75) is 12.5 Å². The number of rotatable bonds is 3. The molecule has 1 aromatic rings. The molecule has 0 amide bonds. The lowest BCUT2D eigenvalue weighted by Gasteiger charge is -2.27. The van der Waals surface area contributed by atoms with E-state index in [0.717, 1.165) is 0 Å². The van der Waals surface area contributed by atoms with E-state index in [2.05, 4.69) is 15.9 Å². The molecule has 0 aromatic heterocycles. The minimum atomic E-state index is -0.894. The number of methoxy groups -OCH3 is 1. The fraction of sp³-hybridized carbons (Fsp3) is 0.400. The van der Waals surface area contributed by atoms with Crippen LogP contribution in [0.2, 0.25) is 0 Å². The molecule has 1 atom stereocenters. The molecule has 1 rings (SSSR count). The quantitative estimate of drug-likeness (QED) is 0.890. The molecule has 84 valence electrons. The summed E-state index contributed by atoms with van der Waals surface area (Å²) in [7, 11) is 1.46. The Morgan fingerprint density at radius 1 is 1.60 bits per heavy atom. The van der Waals surface area contributed by atoms with Gasteiger partial charge in [0.15, 0.2) is 11.6 Å². The first-order valence-electron chi connectivity index (χ1n) is 4.38. The number of hydrogen-bond donors (Lipinski definition) is 2. The van der Waals surface area contributed by atoms with Crippen LogP contribution in [-0.2, 0) is 10.3 Å². The number of aromatic hydroxyl groups is 1. The Bertz CT molecular complexity index is 367. The minimum Gasteiger partial charge on any atom is -0.505 e. The van der Waals surface area contributed by atoms with Crippen molar-refractivity contribution < 1.29 is 14.2 Å². The van der Waals surface area contributed by atoms with Crippen molar-refractivity contribution in [2.75, 3.05) is 13.7 Å². The predicted molar refractivity (Wildman–Crippen MR) is 59.2 cm³/mol. The molecule has 0 spiro atoms. The summed E-state index contributed by atoms with van der Waals surface area (Å²) in [6, 6.07) is 2.78. The SMILES string of the molecule is COC(C)(CN)c1cc(Br)cc(F)c1O. The minimum absolute atomic E-state index is 0.146. The molecule has 0 heterocycles. The molecular weight excluding hydrogens is 265 g/mol. The van der Waals surface area contributed by atoms with E-state index in [1.54, 1.807) is 13.0 Å². The van der Waals surface area contributed by atoms with Gasteiger partial charge in [-0.15, -0.1) is 0 Å². The average Bonchev–Trinajstić information content (AvgIpc) is 2.22. The average molecular weight is 278 g/mol. The molecule has 0 saturated heterocycles. The van der Waals surface area contributed by atoms with Crippen LogP contribution in [-0.4, -0.2) is 18.8 Å². The number of phenolic OH excluding ortho intramolecular Hbond substituents is 1. The molecule has 0 aliphatic carbocycles. The number of benzene rings is 1. The van der Waals surface area contributed by atoms with Gasteiger partial charge in [-0.25, -0.2) is 4.39 Å². The number of halogens is 2. The van der Waals surface area contributed by atoms with E-state index in [4.69, 9.17) is 10.5 Å². The van der Waals surface area contributed by atoms with Crippen LogP contribution in [0, 0.1) is 5.82 Å². The lowest BCUT2D eigenvalue weighted by atomic mass is 9.95. The van der Waals surface area contributed by atoms with Crippen LogP contribution in [0.3, 0.4) is 0 Å². The molecule has 15 heavy (non-hydrogen) atoms. The van der Waals surface area contributed by atoms with E-state index in [9.17, 15) is 9.50 Å². The summed E-state index contributed by atoms with van der Waals surface area (Å²) in [5.41, 5.74) is 4.98. The molecule has 0 fully saturated rings. The molecule has 3 nitrogen and oxygen atoms in total. The van der Waals surface area contributed by atoms with Gasteiger partial charge in [-0.2, -0.15) is 0 Å². The van der Waals surface area contributed by atoms with Crippen molar-refractivity contribution in [1.29, 1.82) is 0 Å². The highest BCUT2D eigenvalue weighted by molar-refractivity contribution is 9.10. The van der Waals surface area contributed by atoms with E-state index >= 15 is 0 Å². The first-order chi connectivity index (χ1) is 6.94. The maximum atomic E-state index is 13.3. The third kappa shape index (κ3) is 2.30. The Labute approximate surface area is 96.2 Å². The molecule has 1 aromatic carbocycles. The van der Waals surface area contributed by atoms with Crippen molar-refractivity contribution in [2.24, 2.45) is 5.73 Å². The Morgan fingerprint density at radius 3 is 2.67 bits per heavy atom. The molecule has 0 saturated carbocycles. The lowest BCUT2D eigenvalue weighted by Crippen LogP contribution is -2.34. The number of phenols is 1. The number of ether oxygens (including phenoxy) is 1. The van der Waals surface area contributed by atoms with Crippen molar-refractivity contribution in [3.8, 4) is 5.75 Å². The first-order valence-corrected chi connectivity index (χ1v) is 5.17. The first kappa shape index (κ1) is 12.4. The predicted octanol–water partition coefficient (Wildman–Crippen LogP) is 2.11. The van der Waals surface area contributed by atoms with Gasteiger partial charge in [-0.1, -0.05) is 15.9 Å². The van der Waals surface area contributed by atoms with E-state index in [0.29, 0.717) is 10.0 Å². The smallest absolute Gasteiger partial charge is 0.166 e. The van der Waals surface area contributed by atoms with Crippen molar-refractivity contribution >= 4 is 15.9 Å². The third-order valence-corrected chi connectivity index (χ3v) is 2.90. The fourth-order valence-corrected chi connectivity index (χ4v) is 1.70. The zero-order valence-corrected chi connectivity index (χ0v) is 10.1. The molecule has 3 N–H and O–H groups in total. The molecule has 1 unspecified atom stereocenters. The van der Waals surface area contributed by atoms with Gasteiger partial charge in [0.25, 0.3) is 0 Å². The highest BCUT2D eigenvalue weighted by Gasteiger charge is 2.29. The zero-order valence-electron chi connectivity index (χ0n) is 8.55. The van der Waals surface area contributed by atoms with Crippen molar-refractivity contribution in [3.63, 3.8) is 0 Å². The second-order valence-corrected chi connectivity index (χ2v) is 4.34. The van der Waals surface area contributed by atoms with Crippen molar-refractivity contribution in [1.82, 2.24) is 0 Å². The summed E-state index contributed by atoms with van der Waals surface area (Å²) in [5.74, 6) is -1.12. The Kier molecular flexibility index (Phi) is 3.70. The van der Waals surface area contributed by atoms with Crippen LogP contribution in [0.1, 0.15) is 12.5 Å². The molecular formula is C10H13BrFNO2. The van der Waals surface area contributed by atoms with Gasteiger partial charge in [-0.05, 0) is 19.1 Å². The maximum Gasteiger partial charge on any atom is 0.166 e. The highest BCUT2D eigenvalue weighted by atomic mass is 79.9. The number of hydrogen-bond acceptors (Lipinski definition) is 3. The van der Waals surface area contributed by atoms with E-state index < -0.39 is 17.2 Å². The normalized spacial score (nSPS) is 15.0. The third-order valence-electron chi connectivity index (χ3n) is 2.44. The summed E-state index contributed by atoms with van der Waals surface area (Å²) in [6.45, 7) is 1.83. The summed E-state index contributed by atoms with van der Waals surface area (Å²) in [5, 5.41) is 9.59. The van der Waals surface area contributed by atoms with E-state index in [1.807, 2.05) is 0 Å². The fourth-order valence-electron chi connectivity index (χ4n) is 1.27.